The minimum absolute atomic E-state index is 0.478. The Morgan fingerprint density at radius 3 is 3.12 bits per heavy atom. The number of anilines is 1. The van der Waals surface area contributed by atoms with Crippen molar-refractivity contribution in [2.75, 3.05) is 5.73 Å². The lowest BCUT2D eigenvalue weighted by Gasteiger charge is -2.21. The highest BCUT2D eigenvalue weighted by Crippen LogP contribution is 2.41. The first kappa shape index (κ1) is 11.2. The van der Waals surface area contributed by atoms with Crippen LogP contribution in [0.2, 0.25) is 0 Å². The summed E-state index contributed by atoms with van der Waals surface area (Å²) >= 11 is 5.19. The topological polar surface area (TPSA) is 38.9 Å². The van der Waals surface area contributed by atoms with Gasteiger partial charge in [0.2, 0.25) is 0 Å². The second-order valence-corrected chi connectivity index (χ2v) is 6.34. The van der Waals surface area contributed by atoms with E-state index < -0.39 is 0 Å². The Bertz CT molecular complexity index is 550. The van der Waals surface area contributed by atoms with Gasteiger partial charge in [0.05, 0.1) is 5.69 Å². The van der Waals surface area contributed by atoms with E-state index in [-0.39, 0.29) is 0 Å². The molecule has 0 saturated carbocycles. The molecule has 1 heterocycles. The van der Waals surface area contributed by atoms with Gasteiger partial charge in [0.15, 0.2) is 5.13 Å². The van der Waals surface area contributed by atoms with E-state index in [0.29, 0.717) is 11.0 Å². The highest BCUT2D eigenvalue weighted by atomic mass is 79.9. The molecule has 1 unspecified atom stereocenters. The molecule has 1 atom stereocenters. The zero-order chi connectivity index (χ0) is 11.8. The van der Waals surface area contributed by atoms with E-state index in [0.717, 1.165) is 10.9 Å². The van der Waals surface area contributed by atoms with Crippen molar-refractivity contribution in [3.05, 3.63) is 44.9 Å². The highest BCUT2D eigenvalue weighted by molar-refractivity contribution is 9.10. The first-order chi connectivity index (χ1) is 8.24. The van der Waals surface area contributed by atoms with Crippen molar-refractivity contribution in [1.29, 1.82) is 0 Å². The molecule has 0 radical (unpaired) electrons. The largest absolute Gasteiger partial charge is 0.375 e. The van der Waals surface area contributed by atoms with E-state index in [9.17, 15) is 0 Å². The maximum atomic E-state index is 5.83. The number of fused-ring (bicyclic) bond motifs is 1. The molecular formula is C13H13BrN2S. The first-order valence-electron chi connectivity index (χ1n) is 5.74. The molecule has 0 bridgehead atoms. The Morgan fingerprint density at radius 2 is 2.29 bits per heavy atom. The van der Waals surface area contributed by atoms with Crippen LogP contribution in [0.1, 0.15) is 34.9 Å². The number of rotatable bonds is 1. The summed E-state index contributed by atoms with van der Waals surface area (Å²) in [5.41, 5.74) is 8.40. The van der Waals surface area contributed by atoms with Crippen molar-refractivity contribution >= 4 is 32.4 Å². The van der Waals surface area contributed by atoms with Gasteiger partial charge in [-0.2, -0.15) is 0 Å². The monoisotopic (exact) mass is 308 g/mol. The Kier molecular flexibility index (Phi) is 2.92. The zero-order valence-electron chi connectivity index (χ0n) is 9.32. The predicted molar refractivity (Wildman–Crippen MR) is 75.4 cm³/mol. The lowest BCUT2D eigenvalue weighted by molar-refractivity contribution is 0.617. The van der Waals surface area contributed by atoms with Crippen molar-refractivity contribution in [2.45, 2.75) is 25.2 Å². The molecular weight excluding hydrogens is 296 g/mol. The van der Waals surface area contributed by atoms with Gasteiger partial charge in [-0.25, -0.2) is 4.98 Å². The van der Waals surface area contributed by atoms with Crippen LogP contribution in [0, 0.1) is 0 Å². The minimum Gasteiger partial charge on any atom is -0.375 e. The lowest BCUT2D eigenvalue weighted by atomic mass is 9.86. The molecule has 1 aromatic heterocycles. The molecule has 0 spiro atoms. The number of aryl methyl sites for hydroxylation is 1. The SMILES string of the molecule is Nc1nc2c(s1)C(c1cccc(Br)c1)CCC2. The van der Waals surface area contributed by atoms with Crippen LogP contribution < -0.4 is 5.73 Å². The smallest absolute Gasteiger partial charge is 0.180 e. The second kappa shape index (κ2) is 4.42. The fraction of sp³-hybridized carbons (Fsp3) is 0.308. The number of aromatic nitrogens is 1. The van der Waals surface area contributed by atoms with Gasteiger partial charge in [0.25, 0.3) is 0 Å². The molecule has 1 aliphatic rings. The Balaban J connectivity index is 2.05. The minimum atomic E-state index is 0.478. The molecule has 1 aromatic carbocycles. The summed E-state index contributed by atoms with van der Waals surface area (Å²) in [7, 11) is 0. The third-order valence-corrected chi connectivity index (χ3v) is 4.75. The highest BCUT2D eigenvalue weighted by Gasteiger charge is 2.25. The maximum absolute atomic E-state index is 5.83. The van der Waals surface area contributed by atoms with E-state index in [4.69, 9.17) is 5.73 Å². The number of nitrogens with zero attached hydrogens (tertiary/aromatic N) is 1. The van der Waals surface area contributed by atoms with Gasteiger partial charge in [-0.15, -0.1) is 11.3 Å². The third-order valence-electron chi connectivity index (χ3n) is 3.22. The standard InChI is InChI=1S/C13H13BrN2S/c14-9-4-1-3-8(7-9)10-5-2-6-11-12(10)17-13(15)16-11/h1,3-4,7,10H,2,5-6H2,(H2,15,16). The van der Waals surface area contributed by atoms with Crippen LogP contribution >= 0.6 is 27.3 Å². The molecule has 0 fully saturated rings. The Morgan fingerprint density at radius 1 is 1.41 bits per heavy atom. The number of nitrogen functional groups attached to an aromatic ring is 1. The van der Waals surface area contributed by atoms with Crippen molar-refractivity contribution in [2.24, 2.45) is 0 Å². The van der Waals surface area contributed by atoms with Crippen LogP contribution in [-0.4, -0.2) is 4.98 Å². The molecule has 2 nitrogen and oxygen atoms in total. The number of hydrogen-bond donors (Lipinski definition) is 1. The van der Waals surface area contributed by atoms with E-state index >= 15 is 0 Å². The molecule has 0 saturated heterocycles. The zero-order valence-corrected chi connectivity index (χ0v) is 11.7. The van der Waals surface area contributed by atoms with Crippen LogP contribution in [0.4, 0.5) is 5.13 Å². The molecule has 4 heteroatoms. The average Bonchev–Trinajstić information content (AvgIpc) is 2.68. The van der Waals surface area contributed by atoms with E-state index in [1.54, 1.807) is 11.3 Å². The average molecular weight is 309 g/mol. The number of thiazole rings is 1. The van der Waals surface area contributed by atoms with E-state index in [1.807, 2.05) is 0 Å². The summed E-state index contributed by atoms with van der Waals surface area (Å²) in [6.07, 6.45) is 3.48. The van der Waals surface area contributed by atoms with Gasteiger partial charge in [-0.05, 0) is 37.0 Å². The van der Waals surface area contributed by atoms with Crippen LogP contribution in [-0.2, 0) is 6.42 Å². The molecule has 88 valence electrons. The molecule has 3 rings (SSSR count). The summed E-state index contributed by atoms with van der Waals surface area (Å²) in [6, 6.07) is 8.56. The molecule has 0 aliphatic heterocycles. The normalized spacial score (nSPS) is 19.0. The van der Waals surface area contributed by atoms with Crippen LogP contribution in [0.15, 0.2) is 28.7 Å². The Hall–Kier alpha value is -0.870. The van der Waals surface area contributed by atoms with Gasteiger partial charge < -0.3 is 5.73 Å². The number of nitrogens with two attached hydrogens (primary N) is 1. The van der Waals surface area contributed by atoms with Gasteiger partial charge in [-0.3, -0.25) is 0 Å². The predicted octanol–water partition coefficient (Wildman–Crippen LogP) is 3.96. The quantitative estimate of drug-likeness (QED) is 0.866. The van der Waals surface area contributed by atoms with Crippen molar-refractivity contribution in [3.8, 4) is 0 Å². The van der Waals surface area contributed by atoms with Crippen LogP contribution in [0.25, 0.3) is 0 Å². The van der Waals surface area contributed by atoms with Crippen molar-refractivity contribution in [1.82, 2.24) is 4.98 Å². The van der Waals surface area contributed by atoms with Crippen molar-refractivity contribution < 1.29 is 0 Å². The van der Waals surface area contributed by atoms with Gasteiger partial charge in [0, 0.05) is 15.3 Å². The van der Waals surface area contributed by atoms with Gasteiger partial charge in [-0.1, -0.05) is 28.1 Å². The van der Waals surface area contributed by atoms with Crippen LogP contribution in [0.3, 0.4) is 0 Å². The summed E-state index contributed by atoms with van der Waals surface area (Å²) in [5, 5.41) is 0.705. The Labute approximate surface area is 113 Å². The fourth-order valence-electron chi connectivity index (χ4n) is 2.48. The summed E-state index contributed by atoms with van der Waals surface area (Å²) in [6.45, 7) is 0. The molecule has 2 N–H and O–H groups in total. The van der Waals surface area contributed by atoms with Gasteiger partial charge in [0.1, 0.15) is 0 Å². The van der Waals surface area contributed by atoms with E-state index in [1.165, 1.54) is 29.0 Å². The first-order valence-corrected chi connectivity index (χ1v) is 7.35. The van der Waals surface area contributed by atoms with Gasteiger partial charge >= 0.3 is 0 Å². The lowest BCUT2D eigenvalue weighted by Crippen LogP contribution is -2.08. The summed E-state index contributed by atoms with van der Waals surface area (Å²) < 4.78 is 1.14. The molecule has 2 aromatic rings. The van der Waals surface area contributed by atoms with Crippen molar-refractivity contribution in [3.63, 3.8) is 0 Å². The fourth-order valence-corrected chi connectivity index (χ4v) is 3.94. The summed E-state index contributed by atoms with van der Waals surface area (Å²) in [4.78, 5) is 5.80. The number of halogens is 1. The maximum Gasteiger partial charge on any atom is 0.180 e. The molecule has 0 amide bonds. The number of benzene rings is 1. The van der Waals surface area contributed by atoms with E-state index in [2.05, 4.69) is 45.2 Å². The number of hydrogen-bond acceptors (Lipinski definition) is 3. The third kappa shape index (κ3) is 2.11. The summed E-state index contributed by atoms with van der Waals surface area (Å²) in [5.74, 6) is 0.478. The van der Waals surface area contributed by atoms with Crippen LogP contribution in [0.5, 0.6) is 0 Å². The molecule has 1 aliphatic carbocycles. The molecule has 17 heavy (non-hydrogen) atoms. The second-order valence-electron chi connectivity index (χ2n) is 4.36.